The Bertz CT molecular complexity index is 448. The zero-order chi connectivity index (χ0) is 14.4. The maximum Gasteiger partial charge on any atom is 0.260 e. The molecule has 118 valence electrons. The van der Waals surface area contributed by atoms with Crippen LogP contribution in [0.25, 0.3) is 0 Å². The number of rotatable bonds is 5. The third kappa shape index (κ3) is 4.90. The quantitative estimate of drug-likeness (QED) is 0.908. The molecule has 0 radical (unpaired) electrons. The number of halogens is 1. The average Bonchev–Trinajstić information content (AvgIpc) is 2.53. The molecule has 1 aromatic carbocycles. The van der Waals surface area contributed by atoms with Crippen LogP contribution in [0.5, 0.6) is 5.75 Å². The Hall–Kier alpha value is -1.26. The van der Waals surface area contributed by atoms with Gasteiger partial charge in [-0.05, 0) is 24.0 Å². The van der Waals surface area contributed by atoms with E-state index in [1.165, 1.54) is 5.56 Å². The molecule has 1 atom stereocenters. The molecule has 1 N–H and O–H groups in total. The van der Waals surface area contributed by atoms with Crippen molar-refractivity contribution >= 4 is 18.3 Å². The van der Waals surface area contributed by atoms with Crippen LogP contribution in [0.15, 0.2) is 24.3 Å². The van der Waals surface area contributed by atoms with Crippen LogP contribution in [-0.4, -0.2) is 43.6 Å². The lowest BCUT2D eigenvalue weighted by molar-refractivity contribution is -0.133. The number of para-hydroxylation sites is 1. The van der Waals surface area contributed by atoms with Gasteiger partial charge in [-0.1, -0.05) is 32.0 Å². The minimum absolute atomic E-state index is 0. The molecule has 5 heteroatoms. The van der Waals surface area contributed by atoms with Crippen molar-refractivity contribution < 1.29 is 9.53 Å². The summed E-state index contributed by atoms with van der Waals surface area (Å²) in [6.07, 6.45) is 1.06. The van der Waals surface area contributed by atoms with Gasteiger partial charge in [0.15, 0.2) is 6.61 Å². The highest BCUT2D eigenvalue weighted by molar-refractivity contribution is 5.85. The van der Waals surface area contributed by atoms with Gasteiger partial charge in [0.1, 0.15) is 5.75 Å². The Morgan fingerprint density at radius 3 is 2.67 bits per heavy atom. The van der Waals surface area contributed by atoms with Crippen LogP contribution in [0.4, 0.5) is 0 Å². The van der Waals surface area contributed by atoms with E-state index in [2.05, 4.69) is 25.2 Å². The number of ether oxygens (including phenoxy) is 1. The zero-order valence-electron chi connectivity index (χ0n) is 12.8. The van der Waals surface area contributed by atoms with Crippen molar-refractivity contribution in [3.63, 3.8) is 0 Å². The highest BCUT2D eigenvalue weighted by Gasteiger charge is 2.17. The number of hydrogen-bond donors (Lipinski definition) is 1. The fraction of sp³-hybridized carbons (Fsp3) is 0.562. The second-order valence-electron chi connectivity index (χ2n) is 5.27. The van der Waals surface area contributed by atoms with Gasteiger partial charge in [0, 0.05) is 26.2 Å². The summed E-state index contributed by atoms with van der Waals surface area (Å²) in [5.41, 5.74) is 1.18. The molecule has 1 fully saturated rings. The number of carbonyl (C=O) groups is 1. The topological polar surface area (TPSA) is 41.6 Å². The molecular weight excluding hydrogens is 288 g/mol. The van der Waals surface area contributed by atoms with Crippen molar-refractivity contribution in [3.05, 3.63) is 29.8 Å². The van der Waals surface area contributed by atoms with Crippen molar-refractivity contribution in [2.24, 2.45) is 0 Å². The molecule has 1 amide bonds. The number of benzene rings is 1. The highest BCUT2D eigenvalue weighted by Crippen LogP contribution is 2.28. The first-order valence-electron chi connectivity index (χ1n) is 7.42. The van der Waals surface area contributed by atoms with E-state index in [0.717, 1.165) is 38.3 Å². The first-order chi connectivity index (χ1) is 9.72. The molecule has 1 aromatic rings. The number of nitrogens with zero attached hydrogens (tertiary/aromatic N) is 1. The van der Waals surface area contributed by atoms with Crippen LogP contribution in [0.2, 0.25) is 0 Å². The van der Waals surface area contributed by atoms with Crippen molar-refractivity contribution in [1.82, 2.24) is 10.2 Å². The van der Waals surface area contributed by atoms with Crippen molar-refractivity contribution in [2.75, 3.05) is 32.8 Å². The second kappa shape index (κ2) is 8.90. The molecule has 1 aliphatic heterocycles. The van der Waals surface area contributed by atoms with Gasteiger partial charge in [0.2, 0.25) is 0 Å². The van der Waals surface area contributed by atoms with Crippen LogP contribution < -0.4 is 10.1 Å². The van der Waals surface area contributed by atoms with Crippen LogP contribution in [0.1, 0.15) is 31.7 Å². The summed E-state index contributed by atoms with van der Waals surface area (Å²) in [4.78, 5) is 14.0. The van der Waals surface area contributed by atoms with E-state index in [0.29, 0.717) is 5.92 Å². The molecule has 0 saturated carbocycles. The fourth-order valence-corrected chi connectivity index (χ4v) is 2.38. The molecular formula is C16H25ClN2O2. The minimum atomic E-state index is 0. The Morgan fingerprint density at radius 1 is 1.33 bits per heavy atom. The van der Waals surface area contributed by atoms with Gasteiger partial charge < -0.3 is 15.0 Å². The molecule has 1 unspecified atom stereocenters. The third-order valence-electron chi connectivity index (χ3n) is 3.88. The fourth-order valence-electron chi connectivity index (χ4n) is 2.38. The van der Waals surface area contributed by atoms with E-state index >= 15 is 0 Å². The second-order valence-corrected chi connectivity index (χ2v) is 5.27. The molecule has 21 heavy (non-hydrogen) atoms. The molecule has 1 heterocycles. The molecule has 0 aromatic heterocycles. The van der Waals surface area contributed by atoms with Crippen LogP contribution >= 0.6 is 12.4 Å². The lowest BCUT2D eigenvalue weighted by Gasteiger charge is -2.27. The normalized spacial score (nSPS) is 16.0. The predicted octanol–water partition coefficient (Wildman–Crippen LogP) is 2.43. The van der Waals surface area contributed by atoms with Gasteiger partial charge in [0.25, 0.3) is 5.91 Å². The minimum Gasteiger partial charge on any atom is -0.483 e. The lowest BCUT2D eigenvalue weighted by Crippen LogP contribution is -2.47. The number of hydrogen-bond acceptors (Lipinski definition) is 3. The van der Waals surface area contributed by atoms with Crippen LogP contribution in [-0.2, 0) is 4.79 Å². The standard InChI is InChI=1S/C16H24N2O2.ClH/c1-3-13(2)14-6-4-5-7-15(14)20-12-16(19)18-10-8-17-9-11-18;/h4-7,13,17H,3,8-12H2,1-2H3;1H. The number of piperazine rings is 1. The SMILES string of the molecule is CCC(C)c1ccccc1OCC(=O)N1CCNCC1.Cl. The molecule has 1 saturated heterocycles. The van der Waals surface area contributed by atoms with E-state index < -0.39 is 0 Å². The summed E-state index contributed by atoms with van der Waals surface area (Å²) in [5.74, 6) is 1.36. The summed E-state index contributed by atoms with van der Waals surface area (Å²) < 4.78 is 5.76. The largest absolute Gasteiger partial charge is 0.483 e. The first-order valence-corrected chi connectivity index (χ1v) is 7.42. The van der Waals surface area contributed by atoms with Crippen molar-refractivity contribution in [3.8, 4) is 5.75 Å². The van der Waals surface area contributed by atoms with Gasteiger partial charge >= 0.3 is 0 Å². The zero-order valence-corrected chi connectivity index (χ0v) is 13.6. The molecule has 0 bridgehead atoms. The number of amides is 1. The average molecular weight is 313 g/mol. The van der Waals surface area contributed by atoms with Gasteiger partial charge in [-0.2, -0.15) is 0 Å². The molecule has 0 spiro atoms. The van der Waals surface area contributed by atoms with E-state index in [-0.39, 0.29) is 24.9 Å². The van der Waals surface area contributed by atoms with Gasteiger partial charge in [-0.15, -0.1) is 12.4 Å². The molecule has 2 rings (SSSR count). The summed E-state index contributed by atoms with van der Waals surface area (Å²) >= 11 is 0. The highest BCUT2D eigenvalue weighted by atomic mass is 35.5. The van der Waals surface area contributed by atoms with Crippen molar-refractivity contribution in [2.45, 2.75) is 26.2 Å². The number of carbonyl (C=O) groups excluding carboxylic acids is 1. The summed E-state index contributed by atoms with van der Waals surface area (Å²) in [6, 6.07) is 8.01. The Labute approximate surface area is 133 Å². The summed E-state index contributed by atoms with van der Waals surface area (Å²) in [5, 5.41) is 3.24. The lowest BCUT2D eigenvalue weighted by atomic mass is 9.98. The Morgan fingerprint density at radius 2 is 2.00 bits per heavy atom. The summed E-state index contributed by atoms with van der Waals surface area (Å²) in [6.45, 7) is 7.76. The summed E-state index contributed by atoms with van der Waals surface area (Å²) in [7, 11) is 0. The van der Waals surface area contributed by atoms with E-state index in [1.807, 2.05) is 23.1 Å². The first kappa shape index (κ1) is 17.8. The van der Waals surface area contributed by atoms with Crippen molar-refractivity contribution in [1.29, 1.82) is 0 Å². The maximum absolute atomic E-state index is 12.1. The van der Waals surface area contributed by atoms with Crippen LogP contribution in [0, 0.1) is 0 Å². The van der Waals surface area contributed by atoms with E-state index in [4.69, 9.17) is 4.74 Å². The Balaban J connectivity index is 0.00000220. The van der Waals surface area contributed by atoms with Gasteiger partial charge in [-0.25, -0.2) is 0 Å². The van der Waals surface area contributed by atoms with E-state index in [1.54, 1.807) is 0 Å². The smallest absolute Gasteiger partial charge is 0.260 e. The van der Waals surface area contributed by atoms with Gasteiger partial charge in [-0.3, -0.25) is 4.79 Å². The third-order valence-corrected chi connectivity index (χ3v) is 3.88. The molecule has 4 nitrogen and oxygen atoms in total. The monoisotopic (exact) mass is 312 g/mol. The van der Waals surface area contributed by atoms with E-state index in [9.17, 15) is 4.79 Å². The Kier molecular flexibility index (Phi) is 7.54. The maximum atomic E-state index is 12.1. The predicted molar refractivity (Wildman–Crippen MR) is 87.3 cm³/mol. The number of nitrogens with one attached hydrogen (secondary N) is 1. The molecule has 0 aliphatic carbocycles. The molecule has 1 aliphatic rings. The van der Waals surface area contributed by atoms with Crippen LogP contribution in [0.3, 0.4) is 0 Å². The van der Waals surface area contributed by atoms with Gasteiger partial charge in [0.05, 0.1) is 0 Å².